The Morgan fingerprint density at radius 1 is 0.941 bits per heavy atom. The van der Waals surface area contributed by atoms with Crippen LogP contribution in [0.15, 0.2) is 24.5 Å². The number of aromatic nitrogens is 1. The van der Waals surface area contributed by atoms with E-state index in [1.165, 1.54) is 43.4 Å². The van der Waals surface area contributed by atoms with Crippen LogP contribution in [0.3, 0.4) is 0 Å². The molecule has 1 aromatic rings. The molecule has 0 spiro atoms. The molecular formula is C26H42N2O6. The standard InChI is InChI=1S/C26H42N2O6/c1-33-28(26-25(32)24(31)23(30)22(20-29)34-26)18-13-11-9-7-5-3-2-4-6-8-10-12-15-21-16-14-17-27-19-21/h14,16-17,19,22-26,29-32H,2-7,9,11-13,15,18,20H2,1H3/t22-,23-,24+,25-,26-/m1/s1. The van der Waals surface area contributed by atoms with Crippen LogP contribution in [-0.2, 0) is 16.0 Å². The lowest BCUT2D eigenvalue weighted by Gasteiger charge is -2.43. The van der Waals surface area contributed by atoms with E-state index in [1.54, 1.807) is 6.20 Å². The van der Waals surface area contributed by atoms with Crippen LogP contribution >= 0.6 is 0 Å². The minimum atomic E-state index is -1.40. The fraction of sp³-hybridized carbons (Fsp3) is 0.731. The molecule has 0 radical (unpaired) electrons. The summed E-state index contributed by atoms with van der Waals surface area (Å²) in [5, 5.41) is 40.9. The Balaban J connectivity index is 1.47. The molecule has 5 atom stereocenters. The molecule has 2 heterocycles. The highest BCUT2D eigenvalue weighted by atomic mass is 16.7. The van der Waals surface area contributed by atoms with Gasteiger partial charge in [0.15, 0.2) is 6.23 Å². The number of rotatable bonds is 15. The maximum Gasteiger partial charge on any atom is 0.162 e. The molecule has 0 aromatic carbocycles. The smallest absolute Gasteiger partial charge is 0.162 e. The van der Waals surface area contributed by atoms with E-state index >= 15 is 0 Å². The van der Waals surface area contributed by atoms with Crippen molar-refractivity contribution in [3.05, 3.63) is 30.1 Å². The molecule has 0 saturated carbocycles. The van der Waals surface area contributed by atoms with Crippen LogP contribution in [0.2, 0.25) is 0 Å². The van der Waals surface area contributed by atoms with Crippen molar-refractivity contribution in [2.45, 2.75) is 101 Å². The number of pyridine rings is 1. The van der Waals surface area contributed by atoms with Gasteiger partial charge in [0, 0.05) is 31.8 Å². The topological polar surface area (TPSA) is 116 Å². The van der Waals surface area contributed by atoms with Gasteiger partial charge in [-0.25, -0.2) is 0 Å². The summed E-state index contributed by atoms with van der Waals surface area (Å²) in [6, 6.07) is 4.05. The normalized spacial score (nSPS) is 24.7. The summed E-state index contributed by atoms with van der Waals surface area (Å²) in [4.78, 5) is 9.44. The molecule has 1 aromatic heterocycles. The molecule has 34 heavy (non-hydrogen) atoms. The summed E-state index contributed by atoms with van der Waals surface area (Å²) in [5.74, 6) is 6.53. The summed E-state index contributed by atoms with van der Waals surface area (Å²) in [7, 11) is 1.48. The maximum absolute atomic E-state index is 10.2. The van der Waals surface area contributed by atoms with Gasteiger partial charge in [-0.15, -0.1) is 11.8 Å². The predicted octanol–water partition coefficient (Wildman–Crippen LogP) is 2.19. The van der Waals surface area contributed by atoms with Gasteiger partial charge < -0.3 is 25.2 Å². The Bertz CT molecular complexity index is 708. The Hall–Kier alpha value is -1.57. The summed E-state index contributed by atoms with van der Waals surface area (Å²) in [6.07, 6.45) is 9.59. The van der Waals surface area contributed by atoms with E-state index < -0.39 is 37.3 Å². The fourth-order valence-electron chi connectivity index (χ4n) is 4.11. The molecule has 1 fully saturated rings. The van der Waals surface area contributed by atoms with Crippen LogP contribution < -0.4 is 0 Å². The third kappa shape index (κ3) is 9.96. The van der Waals surface area contributed by atoms with Gasteiger partial charge in [0.25, 0.3) is 0 Å². The lowest BCUT2D eigenvalue weighted by Crippen LogP contribution is -2.63. The van der Waals surface area contributed by atoms with E-state index in [-0.39, 0.29) is 0 Å². The van der Waals surface area contributed by atoms with Gasteiger partial charge >= 0.3 is 0 Å². The quantitative estimate of drug-likeness (QED) is 0.172. The lowest BCUT2D eigenvalue weighted by molar-refractivity contribution is -0.328. The molecule has 192 valence electrons. The van der Waals surface area contributed by atoms with Gasteiger partial charge in [-0.05, 0) is 30.9 Å². The molecule has 8 heteroatoms. The molecule has 1 aliphatic rings. The van der Waals surface area contributed by atoms with Crippen molar-refractivity contribution in [3.63, 3.8) is 0 Å². The number of ether oxygens (including phenoxy) is 1. The highest BCUT2D eigenvalue weighted by Gasteiger charge is 2.45. The second-order valence-corrected chi connectivity index (χ2v) is 8.84. The predicted molar refractivity (Wildman–Crippen MR) is 129 cm³/mol. The third-order valence-corrected chi connectivity index (χ3v) is 6.20. The number of aliphatic hydroxyl groups excluding tert-OH is 4. The Morgan fingerprint density at radius 3 is 2.26 bits per heavy atom. The summed E-state index contributed by atoms with van der Waals surface area (Å²) < 4.78 is 5.55. The number of hydroxylamine groups is 2. The van der Waals surface area contributed by atoms with Crippen LogP contribution in [0.25, 0.3) is 0 Å². The van der Waals surface area contributed by atoms with Crippen LogP contribution in [0.4, 0.5) is 0 Å². The van der Waals surface area contributed by atoms with E-state index in [9.17, 15) is 20.4 Å². The molecular weight excluding hydrogens is 436 g/mol. The number of nitrogens with zero attached hydrogens (tertiary/aromatic N) is 2. The van der Waals surface area contributed by atoms with Crippen molar-refractivity contribution in [3.8, 4) is 11.8 Å². The number of aryl methyl sites for hydroxylation is 1. The Kier molecular flexibility index (Phi) is 14.3. The second-order valence-electron chi connectivity index (χ2n) is 8.84. The zero-order valence-electron chi connectivity index (χ0n) is 20.4. The minimum absolute atomic E-state index is 0.447. The number of unbranched alkanes of at least 4 members (excludes halogenated alkanes) is 8. The van der Waals surface area contributed by atoms with Gasteiger partial charge in [0.05, 0.1) is 13.7 Å². The first kappa shape index (κ1) is 28.7. The van der Waals surface area contributed by atoms with Gasteiger partial charge in [0.2, 0.25) is 0 Å². The van der Waals surface area contributed by atoms with Crippen LogP contribution in [0.5, 0.6) is 0 Å². The second kappa shape index (κ2) is 17.0. The fourth-order valence-corrected chi connectivity index (χ4v) is 4.11. The first-order chi connectivity index (χ1) is 16.6. The molecule has 4 N–H and O–H groups in total. The van der Waals surface area contributed by atoms with Gasteiger partial charge in [-0.1, -0.05) is 44.6 Å². The summed E-state index contributed by atoms with van der Waals surface area (Å²) in [5.41, 5.74) is 1.24. The number of aliphatic hydroxyl groups is 4. The van der Waals surface area contributed by atoms with E-state index in [4.69, 9.17) is 9.57 Å². The van der Waals surface area contributed by atoms with Crippen molar-refractivity contribution in [1.29, 1.82) is 0 Å². The zero-order chi connectivity index (χ0) is 24.6. The Morgan fingerprint density at radius 2 is 1.62 bits per heavy atom. The highest BCUT2D eigenvalue weighted by molar-refractivity contribution is 5.11. The third-order valence-electron chi connectivity index (χ3n) is 6.20. The van der Waals surface area contributed by atoms with E-state index in [2.05, 4.69) is 22.9 Å². The van der Waals surface area contributed by atoms with Crippen molar-refractivity contribution in [1.82, 2.24) is 10.0 Å². The molecule has 1 aliphatic heterocycles. The SMILES string of the molecule is CON(CCCCCCCCCCC#CCCc1cccnc1)[C@@H]1O[C@H](CO)[C@@H](O)[C@H](O)[C@H]1O. The van der Waals surface area contributed by atoms with Crippen molar-refractivity contribution < 1.29 is 30.0 Å². The first-order valence-corrected chi connectivity index (χ1v) is 12.5. The number of hydrogen-bond donors (Lipinski definition) is 4. The van der Waals surface area contributed by atoms with Crippen molar-refractivity contribution in [2.75, 3.05) is 20.3 Å². The van der Waals surface area contributed by atoms with Crippen LogP contribution in [-0.4, -0.2) is 81.4 Å². The monoisotopic (exact) mass is 478 g/mol. The van der Waals surface area contributed by atoms with Crippen LogP contribution in [0.1, 0.15) is 69.8 Å². The largest absolute Gasteiger partial charge is 0.394 e. The molecule has 1 saturated heterocycles. The molecule has 8 nitrogen and oxygen atoms in total. The highest BCUT2D eigenvalue weighted by Crippen LogP contribution is 2.24. The lowest BCUT2D eigenvalue weighted by atomic mass is 9.98. The number of hydrogen-bond acceptors (Lipinski definition) is 8. The molecule has 0 amide bonds. The molecule has 0 bridgehead atoms. The van der Waals surface area contributed by atoms with E-state index in [1.807, 2.05) is 12.3 Å². The maximum atomic E-state index is 10.2. The molecule has 0 aliphatic carbocycles. The molecule has 0 unspecified atom stereocenters. The summed E-state index contributed by atoms with van der Waals surface area (Å²) in [6.45, 7) is 0.0798. The summed E-state index contributed by atoms with van der Waals surface area (Å²) >= 11 is 0. The van der Waals surface area contributed by atoms with Crippen LogP contribution in [0, 0.1) is 11.8 Å². The average molecular weight is 479 g/mol. The van der Waals surface area contributed by atoms with Crippen molar-refractivity contribution in [2.24, 2.45) is 0 Å². The minimum Gasteiger partial charge on any atom is -0.394 e. The van der Waals surface area contributed by atoms with Gasteiger partial charge in [-0.2, -0.15) is 5.06 Å². The molecule has 2 rings (SSSR count). The van der Waals surface area contributed by atoms with E-state index in [0.717, 1.165) is 44.9 Å². The zero-order valence-corrected chi connectivity index (χ0v) is 20.4. The van der Waals surface area contributed by atoms with E-state index in [0.29, 0.717) is 6.54 Å². The first-order valence-electron chi connectivity index (χ1n) is 12.5. The average Bonchev–Trinajstić information content (AvgIpc) is 2.86. The Labute approximate surface area is 203 Å². The van der Waals surface area contributed by atoms with Gasteiger partial charge in [0.1, 0.15) is 24.4 Å². The van der Waals surface area contributed by atoms with Gasteiger partial charge in [-0.3, -0.25) is 9.82 Å². The van der Waals surface area contributed by atoms with Crippen molar-refractivity contribution >= 4 is 0 Å².